The first-order valence-electron chi connectivity index (χ1n) is 8.00. The molecule has 27 heavy (non-hydrogen) atoms. The maximum atomic E-state index is 11.8. The van der Waals surface area contributed by atoms with E-state index in [-0.39, 0.29) is 10.3 Å². The number of ether oxygens (including phenoxy) is 1. The third-order valence-electron chi connectivity index (χ3n) is 3.63. The molecule has 156 valence electrons. The monoisotopic (exact) mass is 423 g/mol. The van der Waals surface area contributed by atoms with E-state index in [2.05, 4.69) is 9.48 Å². The molecule has 0 atom stereocenters. The number of hydrogen-bond acceptors (Lipinski definition) is 3. The van der Waals surface area contributed by atoms with Crippen LogP contribution in [0.5, 0.6) is 0 Å². The Morgan fingerprint density at radius 3 is 2.15 bits per heavy atom. The summed E-state index contributed by atoms with van der Waals surface area (Å²) < 4.78 is 58.1. The molecule has 0 radical (unpaired) electrons. The van der Waals surface area contributed by atoms with Crippen molar-refractivity contribution in [2.45, 2.75) is 12.8 Å². The van der Waals surface area contributed by atoms with E-state index in [1.807, 2.05) is 0 Å². The number of rotatable bonds is 1. The summed E-state index contributed by atoms with van der Waals surface area (Å²) in [5.74, 6) is 0. The van der Waals surface area contributed by atoms with Crippen LogP contribution >= 0.6 is 8.16 Å². The summed E-state index contributed by atoms with van der Waals surface area (Å²) in [6, 6.07) is 5.79. The summed E-state index contributed by atoms with van der Waals surface area (Å²) in [5, 5.41) is 0. The molecule has 0 unspecified atom stereocenters. The Morgan fingerprint density at radius 2 is 1.63 bits per heavy atom. The van der Waals surface area contributed by atoms with E-state index in [9.17, 15) is 25.8 Å². The van der Waals surface area contributed by atoms with E-state index < -0.39 is 8.16 Å². The maximum Gasteiger partial charge on any atom is 0.471 e. The van der Waals surface area contributed by atoms with Gasteiger partial charge in [-0.3, -0.25) is 9.63 Å². The molecule has 1 aromatic heterocycles. The third-order valence-corrected chi connectivity index (χ3v) is 3.63. The molecule has 0 amide bonds. The van der Waals surface area contributed by atoms with Crippen molar-refractivity contribution in [2.75, 3.05) is 39.4 Å². The summed E-state index contributed by atoms with van der Waals surface area (Å²) >= 11 is 0. The van der Waals surface area contributed by atoms with Crippen LogP contribution in [0.1, 0.15) is 12.8 Å². The zero-order valence-electron chi connectivity index (χ0n) is 14.2. The molecule has 2 aliphatic heterocycles. The minimum atomic E-state index is -8.55. The molecule has 6 nitrogen and oxygen atoms in total. The van der Waals surface area contributed by atoms with Crippen molar-refractivity contribution in [1.29, 1.82) is 0 Å². The number of morpholine rings is 1. The SMILES string of the molecule is FP(F)(F)(F)F.O=c1ccccn1OC(N1CCOCC1)=[N+]1CCCC1.[F-]. The molecule has 2 saturated heterocycles. The second kappa shape index (κ2) is 9.41. The van der Waals surface area contributed by atoms with Gasteiger partial charge in [0.2, 0.25) is 0 Å². The normalized spacial score (nSPS) is 18.5. The predicted molar refractivity (Wildman–Crippen MR) is 86.4 cm³/mol. The van der Waals surface area contributed by atoms with E-state index >= 15 is 0 Å². The van der Waals surface area contributed by atoms with Crippen LogP contribution < -0.4 is 15.1 Å². The number of amidine groups is 1. The molecule has 0 N–H and O–H groups in total. The summed E-state index contributed by atoms with van der Waals surface area (Å²) in [5.41, 5.74) is -0.155. The second-order valence-corrected chi connectivity index (χ2v) is 6.95. The fourth-order valence-corrected chi connectivity index (χ4v) is 2.55. The smallest absolute Gasteiger partial charge is 0.471 e. The molecule has 0 spiro atoms. The van der Waals surface area contributed by atoms with Crippen molar-refractivity contribution in [3.8, 4) is 0 Å². The van der Waals surface area contributed by atoms with Gasteiger partial charge in [-0.15, -0.1) is 4.73 Å². The quantitative estimate of drug-likeness (QED) is 0.270. The molecule has 0 saturated carbocycles. The molecule has 13 heteroatoms. The Morgan fingerprint density at radius 1 is 1.07 bits per heavy atom. The van der Waals surface area contributed by atoms with E-state index in [1.165, 1.54) is 23.6 Å². The first kappa shape index (κ1) is 23.2. The maximum absolute atomic E-state index is 11.8. The zero-order valence-corrected chi connectivity index (χ0v) is 15.1. The first-order valence-corrected chi connectivity index (χ1v) is 9.69. The van der Waals surface area contributed by atoms with Gasteiger partial charge in [-0.25, -0.2) is 9.48 Å². The Bertz CT molecular complexity index is 676. The predicted octanol–water partition coefficient (Wildman–Crippen LogP) is -0.262. The Hall–Kier alpha value is -1.81. The van der Waals surface area contributed by atoms with Crippen LogP contribution in [-0.2, 0) is 4.74 Å². The van der Waals surface area contributed by atoms with Crippen LogP contribution in [-0.4, -0.2) is 59.6 Å². The zero-order chi connectivity index (χ0) is 19.2. The van der Waals surface area contributed by atoms with Gasteiger partial charge >= 0.3 is 35.2 Å². The molecule has 0 aromatic carbocycles. The van der Waals surface area contributed by atoms with Gasteiger partial charge in [0.05, 0.1) is 26.3 Å². The third kappa shape index (κ3) is 9.09. The van der Waals surface area contributed by atoms with Gasteiger partial charge in [0, 0.05) is 12.3 Å². The average molecular weight is 423 g/mol. The molecule has 0 aliphatic carbocycles. The molecule has 1 aromatic rings. The summed E-state index contributed by atoms with van der Waals surface area (Å²) in [6.45, 7) is 4.96. The van der Waals surface area contributed by atoms with E-state index in [1.54, 1.807) is 18.3 Å². The van der Waals surface area contributed by atoms with Crippen LogP contribution in [0.2, 0.25) is 0 Å². The molecule has 2 aliphatic rings. The molecular weight excluding hydrogens is 403 g/mol. The van der Waals surface area contributed by atoms with Crippen LogP contribution in [0.4, 0.5) is 21.0 Å². The van der Waals surface area contributed by atoms with Crippen molar-refractivity contribution < 1.29 is 39.8 Å². The van der Waals surface area contributed by atoms with Gasteiger partial charge in [0.25, 0.3) is 5.56 Å². The molecular formula is C14H20F6N3O3P. The Balaban J connectivity index is 0.000000456. The number of nitrogens with zero attached hydrogens (tertiary/aromatic N) is 3. The van der Waals surface area contributed by atoms with Crippen molar-refractivity contribution in [2.24, 2.45) is 0 Å². The molecule has 2 fully saturated rings. The fraction of sp³-hybridized carbons (Fsp3) is 0.571. The van der Waals surface area contributed by atoms with Crippen LogP contribution in [0.15, 0.2) is 29.2 Å². The molecule has 3 rings (SSSR count). The minimum Gasteiger partial charge on any atom is -1.00 e. The van der Waals surface area contributed by atoms with Gasteiger partial charge in [0.15, 0.2) is 0 Å². The van der Waals surface area contributed by atoms with Gasteiger partial charge in [-0.05, 0) is 18.9 Å². The average Bonchev–Trinajstić information content (AvgIpc) is 3.07. The van der Waals surface area contributed by atoms with Crippen LogP contribution in [0.25, 0.3) is 0 Å². The van der Waals surface area contributed by atoms with Crippen LogP contribution in [0.3, 0.4) is 0 Å². The number of hydrogen-bond donors (Lipinski definition) is 0. The van der Waals surface area contributed by atoms with Crippen molar-refractivity contribution in [3.05, 3.63) is 34.7 Å². The molecule has 0 bridgehead atoms. The standard InChI is InChI=1S/C14H20N3O3.F5P.FH/c18-13-5-1-2-8-17(13)20-14(15-6-3-4-7-15)16-9-11-19-12-10-16;1-6(2,3,4)5;/h1-2,5,8H,3-4,6-7,9-12H2;;1H/q+1;;/p-1. The van der Waals surface area contributed by atoms with Crippen molar-refractivity contribution >= 4 is 14.2 Å². The number of halogens is 6. The number of aromatic nitrogens is 1. The van der Waals surface area contributed by atoms with Gasteiger partial charge in [-0.1, -0.05) is 6.07 Å². The van der Waals surface area contributed by atoms with Crippen molar-refractivity contribution in [3.63, 3.8) is 0 Å². The van der Waals surface area contributed by atoms with Gasteiger partial charge < -0.3 is 9.44 Å². The van der Waals surface area contributed by atoms with Gasteiger partial charge in [-0.2, -0.15) is 0 Å². The van der Waals surface area contributed by atoms with E-state index in [0.717, 1.165) is 32.2 Å². The molecule has 3 heterocycles. The van der Waals surface area contributed by atoms with Gasteiger partial charge in [0.1, 0.15) is 13.1 Å². The summed E-state index contributed by atoms with van der Waals surface area (Å²) in [7, 11) is -8.55. The van der Waals surface area contributed by atoms with E-state index in [0.29, 0.717) is 13.2 Å². The fourth-order valence-electron chi connectivity index (χ4n) is 2.55. The largest absolute Gasteiger partial charge is 1.00 e. The Labute approximate surface area is 151 Å². The Kier molecular flexibility index (Phi) is 8.09. The first-order chi connectivity index (χ1) is 12.1. The van der Waals surface area contributed by atoms with Crippen LogP contribution in [0, 0.1) is 0 Å². The van der Waals surface area contributed by atoms with E-state index in [4.69, 9.17) is 9.57 Å². The van der Waals surface area contributed by atoms with Crippen molar-refractivity contribution in [1.82, 2.24) is 9.63 Å². The summed E-state index contributed by atoms with van der Waals surface area (Å²) in [4.78, 5) is 19.9. The topological polar surface area (TPSA) is 46.7 Å². The minimum absolute atomic E-state index is 0. The number of pyridine rings is 1. The second-order valence-electron chi connectivity index (χ2n) is 5.67. The summed E-state index contributed by atoms with van der Waals surface area (Å²) in [6.07, 6.45) is 3.99.